The normalized spacial score (nSPS) is 33.5. The van der Waals surface area contributed by atoms with Gasteiger partial charge in [-0.1, -0.05) is 13.8 Å². The Morgan fingerprint density at radius 1 is 1.05 bits per heavy atom. The van der Waals surface area contributed by atoms with Gasteiger partial charge in [0, 0.05) is 25.9 Å². The van der Waals surface area contributed by atoms with E-state index in [1.54, 1.807) is 0 Å². The van der Waals surface area contributed by atoms with Crippen molar-refractivity contribution in [3.63, 3.8) is 0 Å². The predicted molar refractivity (Wildman–Crippen MR) is 78.4 cm³/mol. The molecule has 0 bridgehead atoms. The topological polar surface area (TPSA) is 30.5 Å². The molecule has 2 aliphatic rings. The Balaban J connectivity index is 1.47. The van der Waals surface area contributed by atoms with Crippen molar-refractivity contribution in [1.29, 1.82) is 0 Å². The van der Waals surface area contributed by atoms with Crippen molar-refractivity contribution in [3.8, 4) is 0 Å². The Hall–Kier alpha value is -0.120. The van der Waals surface area contributed by atoms with E-state index in [0.29, 0.717) is 6.10 Å². The summed E-state index contributed by atoms with van der Waals surface area (Å²) >= 11 is 0. The molecule has 0 amide bonds. The molecule has 0 aromatic heterocycles. The molecule has 0 spiro atoms. The van der Waals surface area contributed by atoms with Crippen LogP contribution in [-0.4, -0.2) is 38.5 Å². The van der Waals surface area contributed by atoms with Gasteiger partial charge in [0.05, 0.1) is 6.10 Å². The lowest BCUT2D eigenvalue weighted by atomic mass is 9.79. The van der Waals surface area contributed by atoms with E-state index in [1.165, 1.54) is 19.3 Å². The van der Waals surface area contributed by atoms with Crippen LogP contribution in [0.25, 0.3) is 0 Å². The molecule has 1 N–H and O–H groups in total. The van der Waals surface area contributed by atoms with Crippen LogP contribution in [0.15, 0.2) is 0 Å². The lowest BCUT2D eigenvalue weighted by molar-refractivity contribution is -0.0323. The third-order valence-corrected chi connectivity index (χ3v) is 4.87. The predicted octanol–water partition coefficient (Wildman–Crippen LogP) is 2.99. The van der Waals surface area contributed by atoms with Crippen LogP contribution >= 0.6 is 0 Å². The maximum Gasteiger partial charge on any atom is 0.0619 e. The summed E-state index contributed by atoms with van der Waals surface area (Å²) in [5.41, 5.74) is 0. The van der Waals surface area contributed by atoms with Crippen LogP contribution in [0.4, 0.5) is 0 Å². The number of ether oxygens (including phenoxy) is 2. The fraction of sp³-hybridized carbons (Fsp3) is 1.00. The molecular formula is C16H31NO2. The minimum absolute atomic E-state index is 0.448. The van der Waals surface area contributed by atoms with E-state index in [4.69, 9.17) is 9.47 Å². The average Bonchev–Trinajstić information content (AvgIpc) is 2.43. The van der Waals surface area contributed by atoms with E-state index in [1.807, 2.05) is 0 Å². The maximum absolute atomic E-state index is 5.89. The second-order valence-corrected chi connectivity index (χ2v) is 6.45. The van der Waals surface area contributed by atoms with Gasteiger partial charge in [-0.15, -0.1) is 0 Å². The third-order valence-electron chi connectivity index (χ3n) is 4.87. The molecule has 1 saturated carbocycles. The molecule has 3 nitrogen and oxygen atoms in total. The highest BCUT2D eigenvalue weighted by Gasteiger charge is 2.23. The zero-order valence-electron chi connectivity index (χ0n) is 12.7. The zero-order chi connectivity index (χ0) is 13.5. The Labute approximate surface area is 118 Å². The first-order valence-corrected chi connectivity index (χ1v) is 8.18. The summed E-state index contributed by atoms with van der Waals surface area (Å²) in [4.78, 5) is 0. The summed E-state index contributed by atoms with van der Waals surface area (Å²) < 4.78 is 11.2. The molecular weight excluding hydrogens is 238 g/mol. The molecule has 3 atom stereocenters. The molecule has 0 radical (unpaired) electrons. The largest absolute Gasteiger partial charge is 0.381 e. The highest BCUT2D eigenvalue weighted by atomic mass is 16.5. The maximum atomic E-state index is 5.89. The number of rotatable bonds is 6. The Morgan fingerprint density at radius 3 is 2.58 bits per heavy atom. The lowest BCUT2D eigenvalue weighted by Gasteiger charge is -2.32. The summed E-state index contributed by atoms with van der Waals surface area (Å²) in [5.74, 6) is 1.79. The Bertz CT molecular complexity index is 241. The standard InChI is InChI=1S/C16H31NO2/c1-13-4-5-15(12-14(13)2)17-8-3-9-19-16-6-10-18-11-7-16/h13-17H,3-12H2,1-2H3. The average molecular weight is 269 g/mol. The molecule has 19 heavy (non-hydrogen) atoms. The summed E-state index contributed by atoms with van der Waals surface area (Å²) in [5, 5.41) is 3.71. The molecule has 1 aliphatic heterocycles. The van der Waals surface area contributed by atoms with Gasteiger partial charge in [-0.2, -0.15) is 0 Å². The van der Waals surface area contributed by atoms with Crippen LogP contribution in [0, 0.1) is 11.8 Å². The fourth-order valence-corrected chi connectivity index (χ4v) is 3.20. The lowest BCUT2D eigenvalue weighted by Crippen LogP contribution is -2.37. The van der Waals surface area contributed by atoms with Crippen LogP contribution in [-0.2, 0) is 9.47 Å². The number of hydrogen-bond acceptors (Lipinski definition) is 3. The second kappa shape index (κ2) is 8.23. The van der Waals surface area contributed by atoms with Crippen LogP contribution in [0.1, 0.15) is 52.4 Å². The molecule has 1 saturated heterocycles. The van der Waals surface area contributed by atoms with Gasteiger partial charge in [0.1, 0.15) is 0 Å². The first-order chi connectivity index (χ1) is 9.25. The molecule has 2 rings (SSSR count). The quantitative estimate of drug-likeness (QED) is 0.752. The molecule has 112 valence electrons. The number of hydrogen-bond donors (Lipinski definition) is 1. The minimum Gasteiger partial charge on any atom is -0.381 e. The third kappa shape index (κ3) is 5.41. The van der Waals surface area contributed by atoms with E-state index in [2.05, 4.69) is 19.2 Å². The highest BCUT2D eigenvalue weighted by Crippen LogP contribution is 2.29. The van der Waals surface area contributed by atoms with Crippen molar-refractivity contribution < 1.29 is 9.47 Å². The SMILES string of the molecule is CC1CCC(NCCCOC2CCOCC2)CC1C. The molecule has 1 aliphatic carbocycles. The molecule has 0 aromatic rings. The summed E-state index contributed by atoms with van der Waals surface area (Å²) in [6.07, 6.45) is 7.82. The summed E-state index contributed by atoms with van der Waals surface area (Å²) in [7, 11) is 0. The van der Waals surface area contributed by atoms with Crippen LogP contribution in [0.3, 0.4) is 0 Å². The van der Waals surface area contributed by atoms with Gasteiger partial charge in [-0.05, 0) is 56.9 Å². The monoisotopic (exact) mass is 269 g/mol. The van der Waals surface area contributed by atoms with Crippen LogP contribution < -0.4 is 5.32 Å². The van der Waals surface area contributed by atoms with E-state index in [9.17, 15) is 0 Å². The summed E-state index contributed by atoms with van der Waals surface area (Å²) in [6.45, 7) is 8.54. The molecule has 1 heterocycles. The van der Waals surface area contributed by atoms with E-state index in [0.717, 1.165) is 63.5 Å². The first-order valence-electron chi connectivity index (χ1n) is 8.18. The summed E-state index contributed by atoms with van der Waals surface area (Å²) in [6, 6.07) is 0.745. The smallest absolute Gasteiger partial charge is 0.0619 e. The van der Waals surface area contributed by atoms with Gasteiger partial charge in [-0.25, -0.2) is 0 Å². The van der Waals surface area contributed by atoms with Crippen molar-refractivity contribution in [2.45, 2.75) is 64.5 Å². The minimum atomic E-state index is 0.448. The van der Waals surface area contributed by atoms with E-state index < -0.39 is 0 Å². The second-order valence-electron chi connectivity index (χ2n) is 6.45. The number of nitrogens with one attached hydrogen (secondary N) is 1. The van der Waals surface area contributed by atoms with Gasteiger partial charge in [-0.3, -0.25) is 0 Å². The van der Waals surface area contributed by atoms with Crippen molar-refractivity contribution in [2.24, 2.45) is 11.8 Å². The molecule has 2 fully saturated rings. The van der Waals surface area contributed by atoms with Gasteiger partial charge >= 0.3 is 0 Å². The van der Waals surface area contributed by atoms with Crippen molar-refractivity contribution in [2.75, 3.05) is 26.4 Å². The van der Waals surface area contributed by atoms with Crippen molar-refractivity contribution in [3.05, 3.63) is 0 Å². The van der Waals surface area contributed by atoms with Gasteiger partial charge in [0.2, 0.25) is 0 Å². The molecule has 3 heteroatoms. The fourth-order valence-electron chi connectivity index (χ4n) is 3.20. The van der Waals surface area contributed by atoms with Gasteiger partial charge < -0.3 is 14.8 Å². The molecule has 3 unspecified atom stereocenters. The van der Waals surface area contributed by atoms with Crippen LogP contribution in [0.2, 0.25) is 0 Å². The Kier molecular flexibility index (Phi) is 6.62. The van der Waals surface area contributed by atoms with Crippen molar-refractivity contribution in [1.82, 2.24) is 5.32 Å². The molecule has 0 aromatic carbocycles. The Morgan fingerprint density at radius 2 is 1.84 bits per heavy atom. The van der Waals surface area contributed by atoms with Gasteiger partial charge in [0.15, 0.2) is 0 Å². The van der Waals surface area contributed by atoms with Gasteiger partial charge in [0.25, 0.3) is 0 Å². The first kappa shape index (κ1) is 15.3. The zero-order valence-corrected chi connectivity index (χ0v) is 12.7. The van der Waals surface area contributed by atoms with E-state index in [-0.39, 0.29) is 0 Å². The highest BCUT2D eigenvalue weighted by molar-refractivity contribution is 4.79. The van der Waals surface area contributed by atoms with Crippen molar-refractivity contribution >= 4 is 0 Å². The van der Waals surface area contributed by atoms with E-state index >= 15 is 0 Å². The van der Waals surface area contributed by atoms with Crippen LogP contribution in [0.5, 0.6) is 0 Å².